The molecule has 2 heteroatoms. The number of fused-ring (bicyclic) bond motifs is 11. The zero-order valence-electron chi connectivity index (χ0n) is 25.3. The molecule has 0 N–H and O–H groups in total. The van der Waals surface area contributed by atoms with Crippen molar-refractivity contribution in [2.24, 2.45) is 0 Å². The molecule has 8 aromatic carbocycles. The van der Waals surface area contributed by atoms with Gasteiger partial charge >= 0.3 is 0 Å². The topological polar surface area (TPSA) is 17.3 Å². The number of nitrogens with zero attached hydrogens (tertiary/aromatic N) is 2. The van der Waals surface area contributed by atoms with Crippen molar-refractivity contribution in [2.75, 3.05) is 0 Å². The van der Waals surface area contributed by atoms with E-state index in [-0.39, 0.29) is 0 Å². The lowest BCUT2D eigenvalue weighted by molar-refractivity contribution is 1.32. The van der Waals surface area contributed by atoms with Crippen molar-refractivity contribution < 1.29 is 0 Å². The fraction of sp³-hybridized carbons (Fsp3) is 0.0227. The van der Waals surface area contributed by atoms with E-state index in [1.165, 1.54) is 81.8 Å². The number of hydrogen-bond donors (Lipinski definition) is 0. The first kappa shape index (κ1) is 25.3. The first-order chi connectivity index (χ1) is 22.7. The van der Waals surface area contributed by atoms with Gasteiger partial charge in [-0.2, -0.15) is 0 Å². The highest BCUT2D eigenvalue weighted by molar-refractivity contribution is 6.24. The fourth-order valence-corrected chi connectivity index (χ4v) is 7.80. The van der Waals surface area contributed by atoms with E-state index in [1.54, 1.807) is 0 Å². The zero-order valence-corrected chi connectivity index (χ0v) is 25.3. The predicted molar refractivity (Wildman–Crippen MR) is 196 cm³/mol. The van der Waals surface area contributed by atoms with Gasteiger partial charge in [-0.1, -0.05) is 139 Å². The lowest BCUT2D eigenvalue weighted by atomic mass is 9.84. The van der Waals surface area contributed by atoms with Crippen molar-refractivity contribution in [1.82, 2.24) is 9.38 Å². The van der Waals surface area contributed by atoms with Crippen LogP contribution in [0.15, 0.2) is 152 Å². The highest BCUT2D eigenvalue weighted by atomic mass is 15.0. The van der Waals surface area contributed by atoms with Gasteiger partial charge in [0.25, 0.3) is 0 Å². The molecule has 0 aliphatic heterocycles. The molecule has 0 unspecified atom stereocenters. The van der Waals surface area contributed by atoms with Crippen LogP contribution >= 0.6 is 0 Å². The lowest BCUT2D eigenvalue weighted by Crippen LogP contribution is -1.94. The van der Waals surface area contributed by atoms with Crippen LogP contribution < -0.4 is 0 Å². The van der Waals surface area contributed by atoms with Gasteiger partial charge in [0.15, 0.2) is 0 Å². The van der Waals surface area contributed by atoms with Crippen LogP contribution in [-0.4, -0.2) is 9.38 Å². The molecule has 0 bridgehead atoms. The summed E-state index contributed by atoms with van der Waals surface area (Å²) >= 11 is 0. The molecular weight excluding hydrogens is 556 g/mol. The minimum absolute atomic E-state index is 0.998. The van der Waals surface area contributed by atoms with Gasteiger partial charge < -0.3 is 0 Å². The Morgan fingerprint density at radius 2 is 1.09 bits per heavy atom. The minimum Gasteiger partial charge on any atom is -0.292 e. The standard InChI is InChI=1S/C44H28N2/c1-27-21-22-28-11-10-18-36(38(28)25-27)43-34-15-5-3-13-32(34)42(33-14-4-6-16-35(33)43)29-23-24-31-30-12-2-7-17-37(30)44-45-39-19-8-9-20-40(39)46(44)41(31)26-29/h2-26H,1H3. The quantitative estimate of drug-likeness (QED) is 0.146. The van der Waals surface area contributed by atoms with Crippen molar-refractivity contribution in [3.05, 3.63) is 157 Å². The van der Waals surface area contributed by atoms with Crippen LogP contribution in [0.25, 0.3) is 92.9 Å². The lowest BCUT2D eigenvalue weighted by Gasteiger charge is -2.19. The molecule has 2 heterocycles. The molecule has 0 saturated heterocycles. The van der Waals surface area contributed by atoms with Crippen molar-refractivity contribution in [3.8, 4) is 22.3 Å². The van der Waals surface area contributed by atoms with Crippen LogP contribution in [0.2, 0.25) is 0 Å². The van der Waals surface area contributed by atoms with Crippen LogP contribution in [0.1, 0.15) is 5.56 Å². The van der Waals surface area contributed by atoms with E-state index in [1.807, 2.05) is 0 Å². The average molecular weight is 585 g/mol. The van der Waals surface area contributed by atoms with Crippen molar-refractivity contribution in [3.63, 3.8) is 0 Å². The highest BCUT2D eigenvalue weighted by Crippen LogP contribution is 2.46. The summed E-state index contributed by atoms with van der Waals surface area (Å²) in [5.74, 6) is 0. The van der Waals surface area contributed by atoms with Crippen LogP contribution in [0.5, 0.6) is 0 Å². The van der Waals surface area contributed by atoms with Gasteiger partial charge in [-0.05, 0) is 85.1 Å². The first-order valence-corrected chi connectivity index (χ1v) is 15.9. The first-order valence-electron chi connectivity index (χ1n) is 15.9. The van der Waals surface area contributed by atoms with Gasteiger partial charge in [-0.3, -0.25) is 4.40 Å². The molecule has 214 valence electrons. The number of hydrogen-bond acceptors (Lipinski definition) is 1. The summed E-state index contributed by atoms with van der Waals surface area (Å²) in [6.45, 7) is 2.18. The van der Waals surface area contributed by atoms with E-state index >= 15 is 0 Å². The molecule has 0 amide bonds. The molecule has 0 fully saturated rings. The molecule has 0 aliphatic rings. The molecule has 0 radical (unpaired) electrons. The van der Waals surface area contributed by atoms with E-state index in [2.05, 4.69) is 163 Å². The smallest absolute Gasteiger partial charge is 0.146 e. The zero-order chi connectivity index (χ0) is 30.4. The van der Waals surface area contributed by atoms with Crippen molar-refractivity contribution >= 4 is 70.7 Å². The molecule has 10 aromatic rings. The number of aryl methyl sites for hydroxylation is 1. The van der Waals surface area contributed by atoms with E-state index < -0.39 is 0 Å². The number of aromatic nitrogens is 2. The third-order valence-electron chi connectivity index (χ3n) is 9.78. The number of pyridine rings is 1. The molecular formula is C44H28N2. The molecule has 0 aliphatic carbocycles. The SMILES string of the molecule is Cc1ccc2cccc(-c3c4ccccc4c(-c4ccc5c6ccccc6c6nc7ccccc7n6c5c4)c4ccccc34)c2c1. The van der Waals surface area contributed by atoms with E-state index in [0.29, 0.717) is 0 Å². The van der Waals surface area contributed by atoms with E-state index in [9.17, 15) is 0 Å². The average Bonchev–Trinajstić information content (AvgIpc) is 3.51. The monoisotopic (exact) mass is 584 g/mol. The Morgan fingerprint density at radius 1 is 0.435 bits per heavy atom. The second-order valence-corrected chi connectivity index (χ2v) is 12.4. The Bertz CT molecular complexity index is 2820. The van der Waals surface area contributed by atoms with Gasteiger partial charge in [0.1, 0.15) is 5.65 Å². The molecule has 0 atom stereocenters. The summed E-state index contributed by atoms with van der Waals surface area (Å²) < 4.78 is 2.35. The molecule has 0 spiro atoms. The van der Waals surface area contributed by atoms with Crippen LogP contribution in [0.3, 0.4) is 0 Å². The molecule has 2 aromatic heterocycles. The molecule has 46 heavy (non-hydrogen) atoms. The highest BCUT2D eigenvalue weighted by Gasteiger charge is 2.20. The van der Waals surface area contributed by atoms with Crippen LogP contribution in [-0.2, 0) is 0 Å². The summed E-state index contributed by atoms with van der Waals surface area (Å²) in [6, 6.07) is 55.5. The third-order valence-corrected chi connectivity index (χ3v) is 9.78. The number of rotatable bonds is 2. The maximum atomic E-state index is 5.13. The Hall–Kier alpha value is -5.99. The Balaban J connectivity index is 1.36. The number of imidazole rings is 1. The fourth-order valence-electron chi connectivity index (χ4n) is 7.80. The number of para-hydroxylation sites is 2. The summed E-state index contributed by atoms with van der Waals surface area (Å²) in [5, 5.41) is 11.2. The molecule has 0 saturated carbocycles. The minimum atomic E-state index is 0.998. The maximum absolute atomic E-state index is 5.13. The molecule has 10 rings (SSSR count). The molecule has 2 nitrogen and oxygen atoms in total. The van der Waals surface area contributed by atoms with Crippen LogP contribution in [0, 0.1) is 6.92 Å². The van der Waals surface area contributed by atoms with E-state index in [4.69, 9.17) is 4.98 Å². The van der Waals surface area contributed by atoms with Crippen LogP contribution in [0.4, 0.5) is 0 Å². The van der Waals surface area contributed by atoms with E-state index in [0.717, 1.165) is 16.7 Å². The Labute approximate surface area is 265 Å². The van der Waals surface area contributed by atoms with Gasteiger partial charge in [-0.25, -0.2) is 4.98 Å². The summed E-state index contributed by atoms with van der Waals surface area (Å²) in [6.07, 6.45) is 0. The van der Waals surface area contributed by atoms with Gasteiger partial charge in [-0.15, -0.1) is 0 Å². The van der Waals surface area contributed by atoms with Crippen molar-refractivity contribution in [2.45, 2.75) is 6.92 Å². The second kappa shape index (κ2) is 9.50. The summed E-state index contributed by atoms with van der Waals surface area (Å²) in [7, 11) is 0. The third kappa shape index (κ3) is 3.50. The van der Waals surface area contributed by atoms with Gasteiger partial charge in [0.2, 0.25) is 0 Å². The Kier molecular flexibility index (Phi) is 5.24. The predicted octanol–water partition coefficient (Wildman–Crippen LogP) is 11.9. The Morgan fingerprint density at radius 3 is 1.85 bits per heavy atom. The normalized spacial score (nSPS) is 12.0. The largest absolute Gasteiger partial charge is 0.292 e. The summed E-state index contributed by atoms with van der Waals surface area (Å²) in [4.78, 5) is 5.13. The van der Waals surface area contributed by atoms with Gasteiger partial charge in [0.05, 0.1) is 16.6 Å². The number of benzene rings is 8. The van der Waals surface area contributed by atoms with Gasteiger partial charge in [0, 0.05) is 10.8 Å². The van der Waals surface area contributed by atoms with Crippen molar-refractivity contribution in [1.29, 1.82) is 0 Å². The summed E-state index contributed by atoms with van der Waals surface area (Å²) in [5.41, 5.74) is 10.6. The maximum Gasteiger partial charge on any atom is 0.146 e. The second-order valence-electron chi connectivity index (χ2n) is 12.4.